The second-order valence-corrected chi connectivity index (χ2v) is 7.30. The average Bonchev–Trinajstić information content (AvgIpc) is 2.78. The van der Waals surface area contributed by atoms with Crippen LogP contribution in [-0.4, -0.2) is 54.9 Å². The van der Waals surface area contributed by atoms with Crippen LogP contribution in [0, 0.1) is 6.92 Å². The van der Waals surface area contributed by atoms with E-state index in [1.165, 1.54) is 0 Å². The zero-order chi connectivity index (χ0) is 23.3. The number of likely N-dealkylation sites (N-methyl/N-ethyl adjacent to an activating group) is 1. The standard InChI is InChI=1S/C22H24F2N6O2/c1-5-30(15(3)13-32-18-12-27-17(11-28-18)22(4,23)24)21(31)19-16(8-7-14(2)29-19)20-25-9-6-10-26-20/h6-12,15H,5,13H2,1-4H3/t15-/m0/s1. The number of ether oxygens (including phenoxy) is 1. The van der Waals surface area contributed by atoms with Crippen molar-refractivity contribution < 1.29 is 18.3 Å². The van der Waals surface area contributed by atoms with E-state index in [1.54, 1.807) is 42.4 Å². The summed E-state index contributed by atoms with van der Waals surface area (Å²) in [5.41, 5.74) is 1.04. The van der Waals surface area contributed by atoms with Crippen LogP contribution < -0.4 is 4.74 Å². The summed E-state index contributed by atoms with van der Waals surface area (Å²) in [5, 5.41) is 0. The Labute approximate surface area is 184 Å². The van der Waals surface area contributed by atoms with Crippen LogP contribution in [0.4, 0.5) is 8.78 Å². The molecule has 0 saturated carbocycles. The number of carbonyl (C=O) groups excluding carboxylic acids is 1. The van der Waals surface area contributed by atoms with Gasteiger partial charge in [-0.05, 0) is 39.0 Å². The Balaban J connectivity index is 1.77. The zero-order valence-electron chi connectivity index (χ0n) is 18.3. The number of alkyl halides is 2. The van der Waals surface area contributed by atoms with E-state index in [-0.39, 0.29) is 30.1 Å². The van der Waals surface area contributed by atoms with Gasteiger partial charge >= 0.3 is 0 Å². The monoisotopic (exact) mass is 442 g/mol. The van der Waals surface area contributed by atoms with Gasteiger partial charge in [-0.3, -0.25) is 4.79 Å². The molecule has 3 aromatic rings. The zero-order valence-corrected chi connectivity index (χ0v) is 18.3. The maximum Gasteiger partial charge on any atom is 0.288 e. The lowest BCUT2D eigenvalue weighted by molar-refractivity contribution is 0.0121. The lowest BCUT2D eigenvalue weighted by Crippen LogP contribution is -2.42. The smallest absolute Gasteiger partial charge is 0.288 e. The van der Waals surface area contributed by atoms with Gasteiger partial charge in [-0.2, -0.15) is 8.78 Å². The number of hydrogen-bond acceptors (Lipinski definition) is 7. The summed E-state index contributed by atoms with van der Waals surface area (Å²) in [5.74, 6) is -2.86. The second-order valence-electron chi connectivity index (χ2n) is 7.30. The number of carbonyl (C=O) groups is 1. The minimum absolute atomic E-state index is 0.0963. The molecule has 0 spiro atoms. The van der Waals surface area contributed by atoms with E-state index in [0.29, 0.717) is 23.6 Å². The van der Waals surface area contributed by atoms with Crippen molar-refractivity contribution in [1.82, 2.24) is 29.8 Å². The van der Waals surface area contributed by atoms with Gasteiger partial charge < -0.3 is 9.64 Å². The molecule has 0 saturated heterocycles. The highest BCUT2D eigenvalue weighted by Crippen LogP contribution is 2.25. The first-order valence-corrected chi connectivity index (χ1v) is 10.1. The Morgan fingerprint density at radius 1 is 1.16 bits per heavy atom. The van der Waals surface area contributed by atoms with Crippen molar-refractivity contribution in [3.8, 4) is 17.3 Å². The van der Waals surface area contributed by atoms with Gasteiger partial charge in [0.15, 0.2) is 5.82 Å². The van der Waals surface area contributed by atoms with Gasteiger partial charge in [0.1, 0.15) is 18.0 Å². The molecule has 3 rings (SSSR count). The van der Waals surface area contributed by atoms with Crippen molar-refractivity contribution >= 4 is 5.91 Å². The molecule has 0 N–H and O–H groups in total. The summed E-state index contributed by atoms with van der Waals surface area (Å²) in [6.07, 6.45) is 5.33. The molecule has 168 valence electrons. The van der Waals surface area contributed by atoms with E-state index in [4.69, 9.17) is 4.74 Å². The number of pyridine rings is 1. The van der Waals surface area contributed by atoms with Crippen LogP contribution in [0.15, 0.2) is 43.0 Å². The molecule has 0 aromatic carbocycles. The number of nitrogens with zero attached hydrogens (tertiary/aromatic N) is 6. The van der Waals surface area contributed by atoms with Gasteiger partial charge in [-0.1, -0.05) is 0 Å². The van der Waals surface area contributed by atoms with Gasteiger partial charge in [0.25, 0.3) is 11.8 Å². The third-order valence-corrected chi connectivity index (χ3v) is 4.73. The molecule has 0 aliphatic carbocycles. The highest BCUT2D eigenvalue weighted by Gasteiger charge is 2.27. The third-order valence-electron chi connectivity index (χ3n) is 4.73. The number of aromatic nitrogens is 5. The first kappa shape index (κ1) is 23.1. The summed E-state index contributed by atoms with van der Waals surface area (Å²) in [7, 11) is 0. The summed E-state index contributed by atoms with van der Waals surface area (Å²) in [4.78, 5) is 35.5. The van der Waals surface area contributed by atoms with E-state index >= 15 is 0 Å². The summed E-state index contributed by atoms with van der Waals surface area (Å²) >= 11 is 0. The van der Waals surface area contributed by atoms with Gasteiger partial charge in [0, 0.05) is 31.6 Å². The Kier molecular flexibility index (Phi) is 7.01. The SMILES string of the molecule is CCN(C(=O)c1nc(C)ccc1-c1ncccn1)[C@@H](C)COc1cnc(C(C)(F)F)cn1. The molecule has 32 heavy (non-hydrogen) atoms. The Morgan fingerprint density at radius 2 is 1.88 bits per heavy atom. The predicted molar refractivity (Wildman–Crippen MR) is 113 cm³/mol. The highest BCUT2D eigenvalue weighted by molar-refractivity contribution is 5.98. The molecule has 0 unspecified atom stereocenters. The van der Waals surface area contributed by atoms with Crippen LogP contribution in [0.1, 0.15) is 42.6 Å². The molecule has 8 nitrogen and oxygen atoms in total. The maximum atomic E-state index is 13.4. The van der Waals surface area contributed by atoms with Crippen LogP contribution in [0.25, 0.3) is 11.4 Å². The molecular formula is C22H24F2N6O2. The van der Waals surface area contributed by atoms with Crippen LogP contribution in [0.2, 0.25) is 0 Å². The van der Waals surface area contributed by atoms with Crippen molar-refractivity contribution in [3.63, 3.8) is 0 Å². The molecule has 0 bridgehead atoms. The van der Waals surface area contributed by atoms with Gasteiger partial charge in [0.05, 0.1) is 24.0 Å². The fraction of sp³-hybridized carbons (Fsp3) is 0.364. The first-order valence-electron chi connectivity index (χ1n) is 10.1. The maximum absolute atomic E-state index is 13.4. The van der Waals surface area contributed by atoms with Gasteiger partial charge in [-0.25, -0.2) is 24.9 Å². The summed E-state index contributed by atoms with van der Waals surface area (Å²) in [6, 6.07) is 4.92. The average molecular weight is 442 g/mol. The van der Waals surface area contributed by atoms with E-state index < -0.39 is 11.6 Å². The molecule has 3 aromatic heterocycles. The van der Waals surface area contributed by atoms with Gasteiger partial charge in [-0.15, -0.1) is 0 Å². The Bertz CT molecular complexity index is 1060. The van der Waals surface area contributed by atoms with E-state index in [2.05, 4.69) is 24.9 Å². The molecule has 0 aliphatic rings. The minimum atomic E-state index is -3.08. The number of rotatable bonds is 8. The van der Waals surface area contributed by atoms with Crippen LogP contribution in [0.3, 0.4) is 0 Å². The van der Waals surface area contributed by atoms with Crippen LogP contribution in [-0.2, 0) is 5.92 Å². The minimum Gasteiger partial charge on any atom is -0.474 e. The van der Waals surface area contributed by atoms with Crippen molar-refractivity contribution in [3.05, 3.63) is 60.1 Å². The van der Waals surface area contributed by atoms with E-state index in [0.717, 1.165) is 19.3 Å². The fourth-order valence-corrected chi connectivity index (χ4v) is 3.04. The molecule has 0 aliphatic heterocycles. The highest BCUT2D eigenvalue weighted by atomic mass is 19.3. The molecule has 10 heteroatoms. The quantitative estimate of drug-likeness (QED) is 0.525. The Morgan fingerprint density at radius 3 is 2.47 bits per heavy atom. The van der Waals surface area contributed by atoms with Crippen molar-refractivity contribution in [2.24, 2.45) is 0 Å². The number of amides is 1. The number of halogens is 2. The second kappa shape index (κ2) is 9.71. The topological polar surface area (TPSA) is 94.0 Å². The molecule has 3 heterocycles. The first-order chi connectivity index (χ1) is 15.2. The van der Waals surface area contributed by atoms with Crippen LogP contribution in [0.5, 0.6) is 5.88 Å². The molecule has 0 radical (unpaired) electrons. The summed E-state index contributed by atoms with van der Waals surface area (Å²) in [6.45, 7) is 6.72. The fourth-order valence-electron chi connectivity index (χ4n) is 3.04. The third kappa shape index (κ3) is 5.37. The predicted octanol–water partition coefficient (Wildman–Crippen LogP) is 3.68. The lowest BCUT2D eigenvalue weighted by atomic mass is 10.1. The van der Waals surface area contributed by atoms with Crippen molar-refractivity contribution in [2.45, 2.75) is 39.7 Å². The molecule has 1 amide bonds. The van der Waals surface area contributed by atoms with Crippen molar-refractivity contribution in [1.29, 1.82) is 0 Å². The Hall–Kier alpha value is -3.56. The largest absolute Gasteiger partial charge is 0.474 e. The number of aryl methyl sites for hydroxylation is 1. The molecule has 0 fully saturated rings. The van der Waals surface area contributed by atoms with Crippen LogP contribution >= 0.6 is 0 Å². The molecule has 1 atom stereocenters. The lowest BCUT2D eigenvalue weighted by Gasteiger charge is -2.28. The van der Waals surface area contributed by atoms with E-state index in [9.17, 15) is 13.6 Å². The summed E-state index contributed by atoms with van der Waals surface area (Å²) < 4.78 is 32.2. The number of hydrogen-bond donors (Lipinski definition) is 0. The van der Waals surface area contributed by atoms with Crippen molar-refractivity contribution in [2.75, 3.05) is 13.2 Å². The van der Waals surface area contributed by atoms with E-state index in [1.807, 2.05) is 13.8 Å². The van der Waals surface area contributed by atoms with Gasteiger partial charge in [0.2, 0.25) is 5.88 Å². The molecular weight excluding hydrogens is 418 g/mol. The normalized spacial score (nSPS) is 12.3.